The minimum Gasteiger partial charge on any atom is -0.376 e. The molecule has 2 aromatic rings. The lowest BCUT2D eigenvalue weighted by Gasteiger charge is -2.18. The van der Waals surface area contributed by atoms with E-state index in [2.05, 4.69) is 29.8 Å². The maximum Gasteiger partial charge on any atom is 0.0641 e. The third-order valence-corrected chi connectivity index (χ3v) is 4.58. The third-order valence-electron chi connectivity index (χ3n) is 2.87. The summed E-state index contributed by atoms with van der Waals surface area (Å²) in [6, 6.07) is 8.27. The van der Waals surface area contributed by atoms with Crippen molar-refractivity contribution in [3.8, 4) is 0 Å². The molecule has 18 heavy (non-hydrogen) atoms. The van der Waals surface area contributed by atoms with Crippen LogP contribution in [0.15, 0.2) is 29.6 Å². The summed E-state index contributed by atoms with van der Waals surface area (Å²) in [6.45, 7) is 4.11. The highest BCUT2D eigenvalue weighted by Gasteiger charge is 2.12. The van der Waals surface area contributed by atoms with E-state index in [1.54, 1.807) is 11.3 Å². The van der Waals surface area contributed by atoms with Gasteiger partial charge in [-0.2, -0.15) is 0 Å². The van der Waals surface area contributed by atoms with Gasteiger partial charge in [0.15, 0.2) is 0 Å². The first-order valence-corrected chi connectivity index (χ1v) is 7.51. The molecule has 2 rings (SSSR count). The number of benzene rings is 1. The van der Waals surface area contributed by atoms with E-state index in [4.69, 9.17) is 23.2 Å². The molecule has 1 heterocycles. The monoisotopic (exact) mass is 299 g/mol. The number of thiophene rings is 1. The molecule has 0 aliphatic carbocycles. The Morgan fingerprint density at radius 1 is 1.28 bits per heavy atom. The quantitative estimate of drug-likeness (QED) is 0.738. The van der Waals surface area contributed by atoms with E-state index >= 15 is 0 Å². The second-order valence-electron chi connectivity index (χ2n) is 4.20. The van der Waals surface area contributed by atoms with Gasteiger partial charge in [-0.3, -0.25) is 0 Å². The van der Waals surface area contributed by atoms with Crippen molar-refractivity contribution < 1.29 is 0 Å². The fraction of sp³-hybridized carbons (Fsp3) is 0.286. The van der Waals surface area contributed by atoms with Crippen LogP contribution in [-0.2, 0) is 0 Å². The van der Waals surface area contributed by atoms with Crippen LogP contribution in [-0.4, -0.2) is 0 Å². The molecule has 1 nitrogen and oxygen atoms in total. The summed E-state index contributed by atoms with van der Waals surface area (Å²) in [4.78, 5) is 1.31. The summed E-state index contributed by atoms with van der Waals surface area (Å²) in [5, 5.41) is 7.00. The highest BCUT2D eigenvalue weighted by atomic mass is 35.5. The Balaban J connectivity index is 2.25. The molecule has 0 amide bonds. The van der Waals surface area contributed by atoms with E-state index in [0.717, 1.165) is 22.7 Å². The van der Waals surface area contributed by atoms with E-state index in [1.165, 1.54) is 4.88 Å². The van der Waals surface area contributed by atoms with Gasteiger partial charge in [0, 0.05) is 9.90 Å². The second-order valence-corrected chi connectivity index (χ2v) is 6.00. The summed E-state index contributed by atoms with van der Waals surface area (Å²) in [7, 11) is 0. The van der Waals surface area contributed by atoms with Gasteiger partial charge in [-0.25, -0.2) is 0 Å². The molecule has 96 valence electrons. The van der Waals surface area contributed by atoms with Crippen LogP contribution < -0.4 is 5.32 Å². The Hall–Kier alpha value is -0.700. The van der Waals surface area contributed by atoms with Crippen LogP contribution in [0.3, 0.4) is 0 Å². The zero-order valence-corrected chi connectivity index (χ0v) is 12.7. The Morgan fingerprint density at radius 2 is 2.06 bits per heavy atom. The predicted molar refractivity (Wildman–Crippen MR) is 82.2 cm³/mol. The lowest BCUT2D eigenvalue weighted by molar-refractivity contribution is 0.764. The van der Waals surface area contributed by atoms with Gasteiger partial charge in [-0.1, -0.05) is 36.2 Å². The molecule has 0 saturated heterocycles. The van der Waals surface area contributed by atoms with Crippen molar-refractivity contribution in [1.29, 1.82) is 0 Å². The molecule has 1 aromatic heterocycles. The Morgan fingerprint density at radius 3 is 2.67 bits per heavy atom. The van der Waals surface area contributed by atoms with E-state index in [0.29, 0.717) is 5.02 Å². The number of rotatable bonds is 4. The number of hydrogen-bond donors (Lipinski definition) is 1. The highest BCUT2D eigenvalue weighted by Crippen LogP contribution is 2.33. The molecule has 0 aliphatic rings. The summed E-state index contributed by atoms with van der Waals surface area (Å²) in [5.74, 6) is 0. The summed E-state index contributed by atoms with van der Waals surface area (Å²) < 4.78 is 0. The smallest absolute Gasteiger partial charge is 0.0641 e. The van der Waals surface area contributed by atoms with Crippen LogP contribution in [0.1, 0.15) is 29.8 Å². The molecule has 1 unspecified atom stereocenters. The van der Waals surface area contributed by atoms with Gasteiger partial charge in [-0.15, -0.1) is 11.3 Å². The van der Waals surface area contributed by atoms with E-state index in [-0.39, 0.29) is 6.04 Å². The summed E-state index contributed by atoms with van der Waals surface area (Å²) >= 11 is 14.1. The minimum absolute atomic E-state index is 0.279. The predicted octanol–water partition coefficient (Wildman–Crippen LogP) is 5.93. The minimum atomic E-state index is 0.279. The van der Waals surface area contributed by atoms with Crippen molar-refractivity contribution in [2.75, 3.05) is 5.32 Å². The Kier molecular flexibility index (Phi) is 4.55. The average Bonchev–Trinajstić information content (AvgIpc) is 2.85. The molecule has 0 saturated carbocycles. The van der Waals surface area contributed by atoms with E-state index in [1.807, 2.05) is 19.1 Å². The fourth-order valence-electron chi connectivity index (χ4n) is 1.81. The summed E-state index contributed by atoms with van der Waals surface area (Å²) in [5.41, 5.74) is 1.89. The first-order valence-electron chi connectivity index (χ1n) is 5.87. The molecular formula is C14H15Cl2NS. The van der Waals surface area contributed by atoms with Crippen LogP contribution >= 0.6 is 34.5 Å². The average molecular weight is 300 g/mol. The van der Waals surface area contributed by atoms with E-state index < -0.39 is 0 Å². The van der Waals surface area contributed by atoms with Crippen molar-refractivity contribution in [3.05, 3.63) is 50.1 Å². The van der Waals surface area contributed by atoms with Gasteiger partial charge < -0.3 is 5.32 Å². The number of halogens is 2. The maximum absolute atomic E-state index is 6.25. The molecule has 0 fully saturated rings. The molecule has 0 bridgehead atoms. The number of aryl methyl sites for hydroxylation is 1. The Labute approximate surface area is 122 Å². The molecule has 0 aliphatic heterocycles. The van der Waals surface area contributed by atoms with Gasteiger partial charge in [0.1, 0.15) is 0 Å². The highest BCUT2D eigenvalue weighted by molar-refractivity contribution is 7.10. The van der Waals surface area contributed by atoms with Gasteiger partial charge in [0.2, 0.25) is 0 Å². The second kappa shape index (κ2) is 5.96. The largest absolute Gasteiger partial charge is 0.376 e. The molecule has 1 atom stereocenters. The first kappa shape index (κ1) is 13.7. The topological polar surface area (TPSA) is 12.0 Å². The number of nitrogens with one attached hydrogen (secondary N) is 1. The molecule has 1 N–H and O–H groups in total. The van der Waals surface area contributed by atoms with Crippen LogP contribution in [0, 0.1) is 6.92 Å². The zero-order valence-electron chi connectivity index (χ0n) is 10.3. The van der Waals surface area contributed by atoms with Gasteiger partial charge >= 0.3 is 0 Å². The third kappa shape index (κ3) is 3.00. The molecule has 4 heteroatoms. The van der Waals surface area contributed by atoms with Crippen molar-refractivity contribution in [3.63, 3.8) is 0 Å². The molecule has 1 aromatic carbocycles. The van der Waals surface area contributed by atoms with Crippen LogP contribution in [0.4, 0.5) is 5.69 Å². The number of anilines is 1. The maximum atomic E-state index is 6.25. The van der Waals surface area contributed by atoms with Gasteiger partial charge in [-0.05, 0) is 42.5 Å². The normalized spacial score (nSPS) is 12.4. The SMILES string of the molecule is CCC(Nc1cc(Cl)c(C)cc1Cl)c1cccs1. The van der Waals surface area contributed by atoms with Crippen molar-refractivity contribution in [2.24, 2.45) is 0 Å². The molecule has 0 radical (unpaired) electrons. The zero-order chi connectivity index (χ0) is 13.1. The van der Waals surface area contributed by atoms with E-state index in [9.17, 15) is 0 Å². The van der Waals surface area contributed by atoms with Crippen LogP contribution in [0.25, 0.3) is 0 Å². The van der Waals surface area contributed by atoms with Crippen molar-refractivity contribution in [2.45, 2.75) is 26.3 Å². The lowest BCUT2D eigenvalue weighted by atomic mass is 10.1. The van der Waals surface area contributed by atoms with Gasteiger partial charge in [0.05, 0.1) is 16.8 Å². The summed E-state index contributed by atoms with van der Waals surface area (Å²) in [6.07, 6.45) is 1.00. The van der Waals surface area contributed by atoms with Gasteiger partial charge in [0.25, 0.3) is 0 Å². The number of hydrogen-bond acceptors (Lipinski definition) is 2. The lowest BCUT2D eigenvalue weighted by Crippen LogP contribution is -2.08. The molecular weight excluding hydrogens is 285 g/mol. The molecule has 0 spiro atoms. The first-order chi connectivity index (χ1) is 8.61. The van der Waals surface area contributed by atoms with Crippen LogP contribution in [0.2, 0.25) is 10.0 Å². The van der Waals surface area contributed by atoms with Crippen LogP contribution in [0.5, 0.6) is 0 Å². The van der Waals surface area contributed by atoms with Crippen molar-refractivity contribution >= 4 is 40.2 Å². The van der Waals surface area contributed by atoms with Crippen molar-refractivity contribution in [1.82, 2.24) is 0 Å². The standard InChI is InChI=1S/C14H15Cl2NS/c1-3-12(14-5-4-6-18-14)17-13-8-10(15)9(2)7-11(13)16/h4-8,12,17H,3H2,1-2H3. The fourth-order valence-corrected chi connectivity index (χ4v) is 3.11. The Bertz CT molecular complexity index is 523.